The van der Waals surface area contributed by atoms with Gasteiger partial charge in [0.1, 0.15) is 12.3 Å². The number of hydrogen-bond donors (Lipinski definition) is 4. The van der Waals surface area contributed by atoms with Crippen molar-refractivity contribution < 1.29 is 41.5 Å². The van der Waals surface area contributed by atoms with Gasteiger partial charge in [-0.2, -0.15) is 18.3 Å². The molecule has 17 nitrogen and oxygen atoms in total. The number of nitrogens with zero attached hydrogens (tertiary/aromatic N) is 6. The number of carbonyl (C=O) groups is 4. The number of nitrogens with one attached hydrogen (secondary N) is 3. The minimum atomic E-state index is -4.33. The van der Waals surface area contributed by atoms with Gasteiger partial charge in [-0.15, -0.1) is 0 Å². The van der Waals surface area contributed by atoms with Crippen molar-refractivity contribution in [3.63, 3.8) is 0 Å². The zero-order chi connectivity index (χ0) is 43.3. The van der Waals surface area contributed by atoms with Gasteiger partial charge in [0, 0.05) is 56.7 Å². The number of primary amides is 1. The molecule has 5 heterocycles. The molecule has 1 unspecified atom stereocenters. The molecule has 1 atom stereocenters. The second kappa shape index (κ2) is 18.6. The van der Waals surface area contributed by atoms with Gasteiger partial charge >= 0.3 is 11.9 Å². The van der Waals surface area contributed by atoms with E-state index < -0.39 is 36.4 Å². The number of aryl methyl sites for hydroxylation is 3. The van der Waals surface area contributed by atoms with E-state index in [1.165, 1.54) is 27.5 Å². The van der Waals surface area contributed by atoms with E-state index in [1.54, 1.807) is 17.9 Å². The summed E-state index contributed by atoms with van der Waals surface area (Å²) in [5.41, 5.74) is 8.22. The summed E-state index contributed by atoms with van der Waals surface area (Å²) < 4.78 is 54.0. The number of anilines is 1. The molecule has 5 N–H and O–H groups in total. The number of ether oxygens (including phenoxy) is 1. The van der Waals surface area contributed by atoms with Crippen LogP contribution >= 0.6 is 0 Å². The number of halogens is 3. The van der Waals surface area contributed by atoms with Gasteiger partial charge in [-0.25, -0.2) is 9.78 Å². The quantitative estimate of drug-likeness (QED) is 0.0759. The lowest BCUT2D eigenvalue weighted by Gasteiger charge is -2.28. The summed E-state index contributed by atoms with van der Waals surface area (Å²) >= 11 is 0. The van der Waals surface area contributed by atoms with Crippen molar-refractivity contribution in [2.24, 2.45) is 18.7 Å². The number of alkyl halides is 3. The molecule has 4 aromatic heterocycles. The Labute approximate surface area is 347 Å². The Balaban J connectivity index is 0.817. The first-order valence-electron chi connectivity index (χ1n) is 20.2. The Hall–Kier alpha value is -6.15. The molecule has 20 heteroatoms. The zero-order valence-corrected chi connectivity index (χ0v) is 33.5. The van der Waals surface area contributed by atoms with Crippen molar-refractivity contribution in [2.45, 2.75) is 82.5 Å². The molecule has 324 valence electrons. The number of carbonyl (C=O) groups excluding carboxylic acids is 4. The van der Waals surface area contributed by atoms with E-state index in [4.69, 9.17) is 14.9 Å². The Morgan fingerprint density at radius 2 is 1.84 bits per heavy atom. The van der Waals surface area contributed by atoms with Gasteiger partial charge in [0.15, 0.2) is 11.4 Å². The highest BCUT2D eigenvalue weighted by Gasteiger charge is 2.32. The van der Waals surface area contributed by atoms with Crippen molar-refractivity contribution in [1.29, 1.82) is 0 Å². The molecular weight excluding hydrogens is 802 g/mol. The molecule has 0 radical (unpaired) electrons. The van der Waals surface area contributed by atoms with Crippen LogP contribution in [0.3, 0.4) is 0 Å². The van der Waals surface area contributed by atoms with Crippen LogP contribution in [0.25, 0.3) is 22.5 Å². The molecule has 5 aromatic rings. The van der Waals surface area contributed by atoms with Gasteiger partial charge < -0.3 is 25.5 Å². The van der Waals surface area contributed by atoms with Crippen LogP contribution in [0.5, 0.6) is 0 Å². The lowest BCUT2D eigenvalue weighted by molar-refractivity contribution is -0.136. The predicted molar refractivity (Wildman–Crippen MR) is 214 cm³/mol. The fourth-order valence-electron chi connectivity index (χ4n) is 7.91. The standard InChI is InChI=1S/C41H47F3N10O7/c1-52-33-19-24(6-9-31(33)54(40(52)59)32-10-11-34(55)50-38(32)58)3-2-17-60-18-16-46-21-25-4-7-28(8-5-25)53-22-29(35(51-53)36(45)56)48-37(57)30-23-61-39(49-30)26-13-15-47-27(20-26)12-14-41(42,43)44/h6,9,13,15,19-20,22-23,25,28,32,46H,2-5,7-8,10-12,14,16-18,21H2,1H3,(H2,45,56)(H,48,57)(H,50,55,58). The lowest BCUT2D eigenvalue weighted by Crippen LogP contribution is -2.44. The van der Waals surface area contributed by atoms with Gasteiger partial charge in [-0.1, -0.05) is 6.07 Å². The summed E-state index contributed by atoms with van der Waals surface area (Å²) in [6, 6.07) is 7.98. The number of amides is 4. The van der Waals surface area contributed by atoms with Crippen LogP contribution in [0.4, 0.5) is 18.9 Å². The van der Waals surface area contributed by atoms with E-state index in [1.807, 2.05) is 18.2 Å². The number of nitrogens with two attached hydrogens (primary N) is 1. The van der Waals surface area contributed by atoms with Gasteiger partial charge in [0.2, 0.25) is 17.7 Å². The largest absolute Gasteiger partial charge is 0.444 e. The van der Waals surface area contributed by atoms with E-state index in [9.17, 15) is 37.1 Å². The minimum Gasteiger partial charge on any atom is -0.444 e. The van der Waals surface area contributed by atoms with Crippen LogP contribution < -0.4 is 27.4 Å². The number of pyridine rings is 1. The summed E-state index contributed by atoms with van der Waals surface area (Å²) in [7, 11) is 1.68. The molecule has 2 aliphatic rings. The summed E-state index contributed by atoms with van der Waals surface area (Å²) in [4.78, 5) is 70.7. The summed E-state index contributed by atoms with van der Waals surface area (Å²) in [5, 5.41) is 12.9. The van der Waals surface area contributed by atoms with E-state index in [-0.39, 0.29) is 65.6 Å². The van der Waals surface area contributed by atoms with Crippen LogP contribution in [-0.4, -0.2) is 85.0 Å². The first kappa shape index (κ1) is 43.0. The molecule has 0 spiro atoms. The topological polar surface area (TPSA) is 223 Å². The highest BCUT2D eigenvalue weighted by molar-refractivity contribution is 6.07. The van der Waals surface area contributed by atoms with Crippen molar-refractivity contribution in [1.82, 2.24) is 39.5 Å². The van der Waals surface area contributed by atoms with Crippen LogP contribution in [0.15, 0.2) is 58.2 Å². The number of imidazole rings is 1. The number of oxazole rings is 1. The average Bonchev–Trinajstić information content (AvgIpc) is 3.96. The van der Waals surface area contributed by atoms with Crippen molar-refractivity contribution in [3.05, 3.63) is 82.1 Å². The first-order valence-corrected chi connectivity index (χ1v) is 20.2. The second-order valence-electron chi connectivity index (χ2n) is 15.5. The van der Waals surface area contributed by atoms with Crippen LogP contribution in [0.2, 0.25) is 0 Å². The highest BCUT2D eigenvalue weighted by Crippen LogP contribution is 2.33. The molecule has 2 fully saturated rings. The fraction of sp³-hybridized carbons (Fsp3) is 0.463. The number of hydrogen-bond acceptors (Lipinski definition) is 11. The molecule has 61 heavy (non-hydrogen) atoms. The average molecular weight is 849 g/mol. The zero-order valence-electron chi connectivity index (χ0n) is 33.5. The maximum Gasteiger partial charge on any atom is 0.389 e. The molecule has 7 rings (SSSR count). The monoisotopic (exact) mass is 848 g/mol. The Kier molecular flexibility index (Phi) is 13.1. The Morgan fingerprint density at radius 3 is 2.59 bits per heavy atom. The number of imide groups is 1. The van der Waals surface area contributed by atoms with E-state index >= 15 is 0 Å². The van der Waals surface area contributed by atoms with E-state index in [0.717, 1.165) is 62.4 Å². The highest BCUT2D eigenvalue weighted by atomic mass is 19.4. The molecular formula is C41H47F3N10O7. The number of rotatable bonds is 17. The summed E-state index contributed by atoms with van der Waals surface area (Å²) in [6.45, 7) is 2.66. The Bertz CT molecular complexity index is 2460. The molecule has 1 aliphatic carbocycles. The number of benzene rings is 1. The third-order valence-electron chi connectivity index (χ3n) is 11.2. The summed E-state index contributed by atoms with van der Waals surface area (Å²) in [5.74, 6) is -1.82. The number of aromatic nitrogens is 6. The smallest absolute Gasteiger partial charge is 0.389 e. The van der Waals surface area contributed by atoms with Crippen LogP contribution in [0.1, 0.15) is 95.7 Å². The molecule has 1 saturated heterocycles. The van der Waals surface area contributed by atoms with Crippen LogP contribution in [0, 0.1) is 5.92 Å². The predicted octanol–water partition coefficient (Wildman–Crippen LogP) is 4.38. The number of piperidine rings is 1. The normalized spacial score (nSPS) is 18.4. The maximum absolute atomic E-state index is 13.1. The van der Waals surface area contributed by atoms with Crippen molar-refractivity contribution >= 4 is 40.3 Å². The van der Waals surface area contributed by atoms with Crippen molar-refractivity contribution in [2.75, 3.05) is 31.6 Å². The third-order valence-corrected chi connectivity index (χ3v) is 11.2. The molecule has 4 amide bonds. The van der Waals surface area contributed by atoms with Crippen LogP contribution in [-0.2, 0) is 34.2 Å². The minimum absolute atomic E-state index is 0.00365. The van der Waals surface area contributed by atoms with Gasteiger partial charge in [0.25, 0.3) is 11.8 Å². The van der Waals surface area contributed by atoms with E-state index in [0.29, 0.717) is 36.8 Å². The molecule has 0 bridgehead atoms. The van der Waals surface area contributed by atoms with Crippen molar-refractivity contribution in [3.8, 4) is 11.5 Å². The lowest BCUT2D eigenvalue weighted by atomic mass is 9.86. The Morgan fingerprint density at radius 1 is 1.03 bits per heavy atom. The number of fused-ring (bicyclic) bond motifs is 1. The molecule has 1 saturated carbocycles. The summed E-state index contributed by atoms with van der Waals surface area (Å²) in [6.07, 6.45) is 3.85. The van der Waals surface area contributed by atoms with Gasteiger partial charge in [-0.3, -0.25) is 43.3 Å². The SMILES string of the molecule is Cn1c(=O)n(C2CCC(=O)NC2=O)c2ccc(CCCOCCNCC3CCC(n4cc(NC(=O)c5coc(-c6ccnc(CCC(F)(F)F)c6)n5)c(C(N)=O)n4)CC3)cc21. The molecule has 1 aromatic carbocycles. The second-order valence-corrected chi connectivity index (χ2v) is 15.5. The molecule has 1 aliphatic heterocycles. The first-order chi connectivity index (χ1) is 29.2. The van der Waals surface area contributed by atoms with E-state index in [2.05, 4.69) is 31.0 Å². The third kappa shape index (κ3) is 10.4. The van der Waals surface area contributed by atoms with Gasteiger partial charge in [-0.05, 0) is 93.7 Å². The maximum atomic E-state index is 13.1. The fourth-order valence-corrected chi connectivity index (χ4v) is 7.91. The van der Waals surface area contributed by atoms with Gasteiger partial charge in [0.05, 0.1) is 29.4 Å².